The molecule has 0 radical (unpaired) electrons. The van der Waals surface area contributed by atoms with E-state index in [9.17, 15) is 4.79 Å². The van der Waals surface area contributed by atoms with E-state index in [4.69, 9.17) is 5.73 Å². The molecule has 3 rings (SSSR count). The standard InChI is InChI=1S/C21H23N3O/c1-16-17(2)24(15-23-16)14-13-21(20(22)25,18-9-5-3-6-10-18)19-11-7-4-8-12-19/h3-12,15H,13-14H2,1-2H3,(H2,22,25). The Bertz CT molecular complexity index is 814. The first-order chi connectivity index (χ1) is 12.1. The predicted octanol–water partition coefficient (Wildman–Crippen LogP) is 3.36. The van der Waals surface area contributed by atoms with E-state index in [1.54, 1.807) is 0 Å². The Morgan fingerprint density at radius 1 is 1.00 bits per heavy atom. The molecule has 0 fully saturated rings. The number of nitrogens with two attached hydrogens (primary N) is 1. The molecule has 1 heterocycles. The van der Waals surface area contributed by atoms with Gasteiger partial charge in [-0.1, -0.05) is 60.7 Å². The van der Waals surface area contributed by atoms with Crippen LogP contribution in [-0.2, 0) is 16.8 Å². The van der Waals surface area contributed by atoms with Gasteiger partial charge in [0.15, 0.2) is 0 Å². The summed E-state index contributed by atoms with van der Waals surface area (Å²) in [5.41, 5.74) is 9.07. The Kier molecular flexibility index (Phi) is 4.70. The quantitative estimate of drug-likeness (QED) is 0.752. The molecule has 25 heavy (non-hydrogen) atoms. The number of carbonyl (C=O) groups excluding carboxylic acids is 1. The summed E-state index contributed by atoms with van der Waals surface area (Å²) in [4.78, 5) is 17.1. The molecule has 2 N–H and O–H groups in total. The molecule has 0 saturated heterocycles. The summed E-state index contributed by atoms with van der Waals surface area (Å²) in [6, 6.07) is 19.6. The lowest BCUT2D eigenvalue weighted by atomic mass is 9.71. The second-order valence-electron chi connectivity index (χ2n) is 6.36. The van der Waals surface area contributed by atoms with Crippen LogP contribution in [0.1, 0.15) is 28.9 Å². The molecule has 0 aliphatic heterocycles. The van der Waals surface area contributed by atoms with Gasteiger partial charge in [0.2, 0.25) is 5.91 Å². The number of imidazole rings is 1. The van der Waals surface area contributed by atoms with Crippen molar-refractivity contribution in [3.63, 3.8) is 0 Å². The van der Waals surface area contributed by atoms with Crippen LogP contribution in [0, 0.1) is 13.8 Å². The van der Waals surface area contributed by atoms with Gasteiger partial charge < -0.3 is 10.3 Å². The lowest BCUT2D eigenvalue weighted by Gasteiger charge is -2.32. The number of primary amides is 1. The number of nitrogens with zero attached hydrogens (tertiary/aromatic N) is 2. The van der Waals surface area contributed by atoms with E-state index in [2.05, 4.69) is 9.55 Å². The smallest absolute Gasteiger partial charge is 0.232 e. The van der Waals surface area contributed by atoms with Gasteiger partial charge in [-0.05, 0) is 31.4 Å². The minimum Gasteiger partial charge on any atom is -0.369 e. The van der Waals surface area contributed by atoms with Gasteiger partial charge in [-0.15, -0.1) is 0 Å². The van der Waals surface area contributed by atoms with Crippen molar-refractivity contribution in [3.8, 4) is 0 Å². The molecule has 0 aliphatic carbocycles. The third-order valence-corrected chi connectivity index (χ3v) is 5.03. The molecular formula is C21H23N3O. The van der Waals surface area contributed by atoms with Crippen molar-refractivity contribution in [2.24, 2.45) is 5.73 Å². The zero-order valence-electron chi connectivity index (χ0n) is 14.6. The number of rotatable bonds is 6. The molecule has 1 aromatic heterocycles. The van der Waals surface area contributed by atoms with E-state index in [1.165, 1.54) is 0 Å². The molecule has 0 aliphatic rings. The normalized spacial score (nSPS) is 11.4. The summed E-state index contributed by atoms with van der Waals surface area (Å²) in [6.45, 7) is 4.69. The minimum atomic E-state index is -0.868. The first kappa shape index (κ1) is 17.0. The average Bonchev–Trinajstić information content (AvgIpc) is 2.96. The van der Waals surface area contributed by atoms with Crippen molar-refractivity contribution >= 4 is 5.91 Å². The number of aromatic nitrogens is 2. The number of amides is 1. The highest BCUT2D eigenvalue weighted by atomic mass is 16.1. The molecule has 4 heteroatoms. The fraction of sp³-hybridized carbons (Fsp3) is 0.238. The van der Waals surface area contributed by atoms with Gasteiger partial charge in [-0.3, -0.25) is 4.79 Å². The van der Waals surface area contributed by atoms with Crippen molar-refractivity contribution < 1.29 is 4.79 Å². The molecule has 0 bridgehead atoms. The van der Waals surface area contributed by atoms with Gasteiger partial charge in [0.1, 0.15) is 5.41 Å². The highest BCUT2D eigenvalue weighted by Gasteiger charge is 2.40. The van der Waals surface area contributed by atoms with Gasteiger partial charge in [-0.2, -0.15) is 0 Å². The van der Waals surface area contributed by atoms with E-state index < -0.39 is 5.41 Å². The van der Waals surface area contributed by atoms with Crippen LogP contribution in [0.5, 0.6) is 0 Å². The molecule has 0 unspecified atom stereocenters. The zero-order valence-corrected chi connectivity index (χ0v) is 14.6. The highest BCUT2D eigenvalue weighted by Crippen LogP contribution is 2.36. The molecule has 2 aromatic carbocycles. The molecule has 4 nitrogen and oxygen atoms in total. The topological polar surface area (TPSA) is 60.9 Å². The predicted molar refractivity (Wildman–Crippen MR) is 99.2 cm³/mol. The second kappa shape index (κ2) is 6.93. The lowest BCUT2D eigenvalue weighted by Crippen LogP contribution is -2.43. The number of benzene rings is 2. The van der Waals surface area contributed by atoms with Crippen molar-refractivity contribution in [3.05, 3.63) is 89.5 Å². The van der Waals surface area contributed by atoms with Gasteiger partial charge in [0, 0.05) is 12.2 Å². The average molecular weight is 333 g/mol. The third-order valence-electron chi connectivity index (χ3n) is 5.03. The van der Waals surface area contributed by atoms with E-state index >= 15 is 0 Å². The first-order valence-electron chi connectivity index (χ1n) is 8.45. The highest BCUT2D eigenvalue weighted by molar-refractivity contribution is 5.90. The van der Waals surface area contributed by atoms with Crippen LogP contribution in [0.15, 0.2) is 67.0 Å². The largest absolute Gasteiger partial charge is 0.369 e. The fourth-order valence-corrected chi connectivity index (χ4v) is 3.37. The maximum Gasteiger partial charge on any atom is 0.232 e. The van der Waals surface area contributed by atoms with E-state index in [1.807, 2.05) is 80.8 Å². The lowest BCUT2D eigenvalue weighted by molar-refractivity contribution is -0.122. The summed E-state index contributed by atoms with van der Waals surface area (Å²) in [6.07, 6.45) is 2.40. The van der Waals surface area contributed by atoms with Crippen LogP contribution in [0.3, 0.4) is 0 Å². The molecule has 1 amide bonds. The molecule has 0 atom stereocenters. The van der Waals surface area contributed by atoms with Crippen LogP contribution < -0.4 is 5.73 Å². The summed E-state index contributed by atoms with van der Waals surface area (Å²) >= 11 is 0. The fourth-order valence-electron chi connectivity index (χ4n) is 3.37. The number of hydrogen-bond acceptors (Lipinski definition) is 2. The van der Waals surface area contributed by atoms with Gasteiger partial charge in [0.25, 0.3) is 0 Å². The number of aryl methyl sites for hydroxylation is 2. The van der Waals surface area contributed by atoms with Gasteiger partial charge in [-0.25, -0.2) is 4.98 Å². The monoisotopic (exact) mass is 333 g/mol. The minimum absolute atomic E-state index is 0.334. The molecular weight excluding hydrogens is 310 g/mol. The Morgan fingerprint density at radius 2 is 1.52 bits per heavy atom. The summed E-state index contributed by atoms with van der Waals surface area (Å²) in [5.74, 6) is -0.334. The summed E-state index contributed by atoms with van der Waals surface area (Å²) < 4.78 is 2.08. The van der Waals surface area contributed by atoms with Crippen molar-refractivity contribution in [1.82, 2.24) is 9.55 Å². The van der Waals surface area contributed by atoms with Crippen molar-refractivity contribution in [2.45, 2.75) is 32.2 Å². The summed E-state index contributed by atoms with van der Waals surface area (Å²) in [7, 11) is 0. The van der Waals surface area contributed by atoms with Gasteiger partial charge in [0.05, 0.1) is 12.0 Å². The first-order valence-corrected chi connectivity index (χ1v) is 8.45. The van der Waals surface area contributed by atoms with Crippen LogP contribution in [-0.4, -0.2) is 15.5 Å². The molecule has 3 aromatic rings. The van der Waals surface area contributed by atoms with Crippen molar-refractivity contribution in [2.75, 3.05) is 0 Å². The molecule has 0 saturated carbocycles. The van der Waals surface area contributed by atoms with Crippen LogP contribution in [0.2, 0.25) is 0 Å². The maximum absolute atomic E-state index is 12.7. The maximum atomic E-state index is 12.7. The van der Waals surface area contributed by atoms with Crippen LogP contribution in [0.25, 0.3) is 0 Å². The molecule has 128 valence electrons. The van der Waals surface area contributed by atoms with E-state index in [0.717, 1.165) is 22.5 Å². The van der Waals surface area contributed by atoms with Gasteiger partial charge >= 0.3 is 0 Å². The van der Waals surface area contributed by atoms with E-state index in [0.29, 0.717) is 13.0 Å². The SMILES string of the molecule is Cc1ncn(CCC(C(N)=O)(c2ccccc2)c2ccccc2)c1C. The zero-order chi connectivity index (χ0) is 17.9. The number of hydrogen-bond donors (Lipinski definition) is 1. The van der Waals surface area contributed by atoms with Crippen LogP contribution in [0.4, 0.5) is 0 Å². The Hall–Kier alpha value is -2.88. The number of carbonyl (C=O) groups is 1. The third kappa shape index (κ3) is 3.07. The Balaban J connectivity index is 2.08. The molecule has 0 spiro atoms. The summed E-state index contributed by atoms with van der Waals surface area (Å²) in [5, 5.41) is 0. The van der Waals surface area contributed by atoms with E-state index in [-0.39, 0.29) is 5.91 Å². The van der Waals surface area contributed by atoms with Crippen molar-refractivity contribution in [1.29, 1.82) is 0 Å². The van der Waals surface area contributed by atoms with Crippen LogP contribution >= 0.6 is 0 Å². The Morgan fingerprint density at radius 3 is 1.92 bits per heavy atom. The Labute approximate surface area is 148 Å². The second-order valence-corrected chi connectivity index (χ2v) is 6.36.